The summed E-state index contributed by atoms with van der Waals surface area (Å²) < 4.78 is 13.7. The van der Waals surface area contributed by atoms with Gasteiger partial charge in [0.1, 0.15) is 5.82 Å². The minimum atomic E-state index is -0.630. The molecule has 0 spiro atoms. The first-order valence-corrected chi connectivity index (χ1v) is 6.79. The van der Waals surface area contributed by atoms with E-state index in [9.17, 15) is 14.3 Å². The Morgan fingerprint density at radius 1 is 1.42 bits per heavy atom. The van der Waals surface area contributed by atoms with Crippen LogP contribution in [-0.2, 0) is 0 Å². The number of hydrogen-bond acceptors (Lipinski definition) is 2. The number of benzene rings is 1. The molecule has 2 rings (SSSR count). The summed E-state index contributed by atoms with van der Waals surface area (Å²) in [5, 5.41) is 10.1. The Balaban J connectivity index is 2.23. The van der Waals surface area contributed by atoms with Crippen molar-refractivity contribution in [2.45, 2.75) is 37.8 Å². The van der Waals surface area contributed by atoms with Gasteiger partial charge in [0.25, 0.3) is 5.91 Å². The third-order valence-electron chi connectivity index (χ3n) is 3.69. The van der Waals surface area contributed by atoms with Crippen molar-refractivity contribution in [2.24, 2.45) is 0 Å². The molecule has 0 radical (unpaired) electrons. The van der Waals surface area contributed by atoms with Gasteiger partial charge in [-0.2, -0.15) is 0 Å². The fourth-order valence-electron chi connectivity index (χ4n) is 2.57. The van der Waals surface area contributed by atoms with Crippen LogP contribution in [0.1, 0.15) is 36.0 Å². The third-order valence-corrected chi connectivity index (χ3v) is 4.00. The van der Waals surface area contributed by atoms with E-state index in [4.69, 9.17) is 11.6 Å². The van der Waals surface area contributed by atoms with Gasteiger partial charge in [0, 0.05) is 7.05 Å². The Hall–Kier alpha value is -1.13. The minimum absolute atomic E-state index is 0.0992. The molecule has 5 heteroatoms. The van der Waals surface area contributed by atoms with Crippen LogP contribution in [0.4, 0.5) is 4.39 Å². The lowest BCUT2D eigenvalue weighted by Gasteiger charge is -2.35. The topological polar surface area (TPSA) is 40.5 Å². The third kappa shape index (κ3) is 2.90. The number of nitrogens with zero attached hydrogens (tertiary/aromatic N) is 1. The molecule has 0 aliphatic heterocycles. The quantitative estimate of drug-likeness (QED) is 0.908. The van der Waals surface area contributed by atoms with Crippen LogP contribution >= 0.6 is 11.6 Å². The molecule has 1 aromatic rings. The predicted octanol–water partition coefficient (Wildman–Crippen LogP) is 2.85. The number of halogens is 2. The Labute approximate surface area is 117 Å². The molecule has 1 N–H and O–H groups in total. The molecule has 0 aromatic heterocycles. The van der Waals surface area contributed by atoms with E-state index in [2.05, 4.69) is 0 Å². The number of amides is 1. The smallest absolute Gasteiger partial charge is 0.258 e. The van der Waals surface area contributed by atoms with Crippen molar-refractivity contribution >= 4 is 17.5 Å². The van der Waals surface area contributed by atoms with Crippen molar-refractivity contribution in [3.63, 3.8) is 0 Å². The number of rotatable bonds is 2. The van der Waals surface area contributed by atoms with Crippen LogP contribution in [0.15, 0.2) is 18.2 Å². The molecule has 2 unspecified atom stereocenters. The van der Waals surface area contributed by atoms with E-state index in [0.717, 1.165) is 19.3 Å². The first kappa shape index (κ1) is 14.3. The van der Waals surface area contributed by atoms with Gasteiger partial charge >= 0.3 is 0 Å². The maximum absolute atomic E-state index is 13.7. The summed E-state index contributed by atoms with van der Waals surface area (Å²) in [5.41, 5.74) is -0.121. The second-order valence-corrected chi connectivity index (χ2v) is 5.34. The maximum Gasteiger partial charge on any atom is 0.258 e. The SMILES string of the molecule is CN(C(=O)c1c(F)cccc1Cl)C1CCCCC1O. The van der Waals surface area contributed by atoms with Crippen LogP contribution in [-0.4, -0.2) is 35.1 Å². The van der Waals surface area contributed by atoms with Crippen LogP contribution in [0.25, 0.3) is 0 Å². The summed E-state index contributed by atoms with van der Waals surface area (Å²) in [5.74, 6) is -1.11. The minimum Gasteiger partial charge on any atom is -0.391 e. The highest BCUT2D eigenvalue weighted by Crippen LogP contribution is 2.26. The fourth-order valence-corrected chi connectivity index (χ4v) is 2.82. The van der Waals surface area contributed by atoms with E-state index >= 15 is 0 Å². The molecule has 3 nitrogen and oxygen atoms in total. The molecule has 2 atom stereocenters. The van der Waals surface area contributed by atoms with Gasteiger partial charge in [-0.1, -0.05) is 30.5 Å². The van der Waals surface area contributed by atoms with E-state index in [1.54, 1.807) is 7.05 Å². The van der Waals surface area contributed by atoms with Gasteiger partial charge in [0.2, 0.25) is 0 Å². The molecule has 19 heavy (non-hydrogen) atoms. The van der Waals surface area contributed by atoms with Gasteiger partial charge < -0.3 is 10.0 Å². The number of carbonyl (C=O) groups excluding carboxylic acids is 1. The van der Waals surface area contributed by atoms with Gasteiger partial charge in [0.05, 0.1) is 22.7 Å². The summed E-state index contributed by atoms with van der Waals surface area (Å²) >= 11 is 5.89. The van der Waals surface area contributed by atoms with Gasteiger partial charge in [0.15, 0.2) is 0 Å². The monoisotopic (exact) mass is 285 g/mol. The highest BCUT2D eigenvalue weighted by Gasteiger charge is 2.31. The van der Waals surface area contributed by atoms with Gasteiger partial charge in [-0.25, -0.2) is 4.39 Å². The van der Waals surface area contributed by atoms with E-state index < -0.39 is 17.8 Å². The van der Waals surface area contributed by atoms with Crippen LogP contribution in [0.3, 0.4) is 0 Å². The lowest BCUT2D eigenvalue weighted by molar-refractivity contribution is 0.0265. The van der Waals surface area contributed by atoms with Crippen molar-refractivity contribution < 1.29 is 14.3 Å². The van der Waals surface area contributed by atoms with E-state index in [1.165, 1.54) is 23.1 Å². The molecule has 1 fully saturated rings. The molecule has 1 aromatic carbocycles. The average molecular weight is 286 g/mol. The summed E-state index contributed by atoms with van der Waals surface area (Å²) in [7, 11) is 1.59. The largest absolute Gasteiger partial charge is 0.391 e. The molecule has 0 saturated heterocycles. The normalized spacial score (nSPS) is 23.2. The van der Waals surface area contributed by atoms with Gasteiger partial charge in [-0.3, -0.25) is 4.79 Å². The lowest BCUT2D eigenvalue weighted by Crippen LogP contribution is -2.46. The first-order valence-electron chi connectivity index (χ1n) is 6.41. The van der Waals surface area contributed by atoms with E-state index in [0.29, 0.717) is 6.42 Å². The van der Waals surface area contributed by atoms with Crippen molar-refractivity contribution in [3.05, 3.63) is 34.6 Å². The van der Waals surface area contributed by atoms with Crippen molar-refractivity contribution in [2.75, 3.05) is 7.05 Å². The first-order chi connectivity index (χ1) is 9.02. The van der Waals surface area contributed by atoms with Crippen LogP contribution in [0.2, 0.25) is 5.02 Å². The van der Waals surface area contributed by atoms with E-state index in [-0.39, 0.29) is 16.6 Å². The number of aliphatic hydroxyl groups excluding tert-OH is 1. The summed E-state index contributed by atoms with van der Waals surface area (Å²) in [6, 6.07) is 3.90. The lowest BCUT2D eigenvalue weighted by atomic mass is 9.91. The molecule has 104 valence electrons. The van der Waals surface area contributed by atoms with Crippen molar-refractivity contribution in [1.29, 1.82) is 0 Å². The summed E-state index contributed by atoms with van der Waals surface area (Å²) in [6.07, 6.45) is 2.78. The summed E-state index contributed by atoms with van der Waals surface area (Å²) in [4.78, 5) is 13.7. The molecular weight excluding hydrogens is 269 g/mol. The Morgan fingerprint density at radius 3 is 2.74 bits per heavy atom. The second kappa shape index (κ2) is 5.88. The molecular formula is C14H17ClFNO2. The van der Waals surface area contributed by atoms with Crippen molar-refractivity contribution in [1.82, 2.24) is 4.90 Å². The molecule has 0 bridgehead atoms. The Kier molecular flexibility index (Phi) is 4.42. The standard InChI is InChI=1S/C14H17ClFNO2/c1-17(11-7-2-3-8-12(11)18)14(19)13-9(15)5-4-6-10(13)16/h4-6,11-12,18H,2-3,7-8H2,1H3. The number of carbonyl (C=O) groups is 1. The maximum atomic E-state index is 13.7. The van der Waals surface area contributed by atoms with E-state index in [1.807, 2.05) is 0 Å². The molecule has 1 aliphatic rings. The highest BCUT2D eigenvalue weighted by atomic mass is 35.5. The molecule has 0 heterocycles. The number of aliphatic hydroxyl groups is 1. The highest BCUT2D eigenvalue weighted by molar-refractivity contribution is 6.33. The molecule has 1 saturated carbocycles. The fraction of sp³-hybridized carbons (Fsp3) is 0.500. The van der Waals surface area contributed by atoms with Gasteiger partial charge in [-0.15, -0.1) is 0 Å². The number of hydrogen-bond donors (Lipinski definition) is 1. The van der Waals surface area contributed by atoms with Gasteiger partial charge in [-0.05, 0) is 25.0 Å². The Morgan fingerprint density at radius 2 is 2.11 bits per heavy atom. The average Bonchev–Trinajstić information content (AvgIpc) is 2.38. The predicted molar refractivity (Wildman–Crippen MR) is 71.8 cm³/mol. The zero-order chi connectivity index (χ0) is 14.0. The summed E-state index contributed by atoms with van der Waals surface area (Å²) in [6.45, 7) is 0. The second-order valence-electron chi connectivity index (χ2n) is 4.93. The van der Waals surface area contributed by atoms with Crippen LogP contribution in [0, 0.1) is 5.82 Å². The van der Waals surface area contributed by atoms with Crippen LogP contribution in [0.5, 0.6) is 0 Å². The zero-order valence-electron chi connectivity index (χ0n) is 10.8. The van der Waals surface area contributed by atoms with Crippen LogP contribution < -0.4 is 0 Å². The molecule has 1 amide bonds. The zero-order valence-corrected chi connectivity index (χ0v) is 11.5. The Bertz CT molecular complexity index is 460. The number of likely N-dealkylation sites (N-methyl/N-ethyl adjacent to an activating group) is 1. The van der Waals surface area contributed by atoms with Crippen molar-refractivity contribution in [3.8, 4) is 0 Å². The molecule has 1 aliphatic carbocycles.